The van der Waals surface area contributed by atoms with Crippen LogP contribution < -0.4 is 14.2 Å². The van der Waals surface area contributed by atoms with Gasteiger partial charge in [-0.05, 0) is 90.2 Å². The lowest BCUT2D eigenvalue weighted by Crippen LogP contribution is -2.45. The van der Waals surface area contributed by atoms with Crippen LogP contribution in [-0.4, -0.2) is 87.9 Å². The first-order valence-corrected chi connectivity index (χ1v) is 17.3. The fraction of sp³-hybridized carbons (Fsp3) is 0.556. The number of aliphatic hydroxyl groups is 1. The fourth-order valence-corrected chi connectivity index (χ4v) is 5.58. The summed E-state index contributed by atoms with van der Waals surface area (Å²) in [5, 5.41) is 41.1. The summed E-state index contributed by atoms with van der Waals surface area (Å²) in [5.41, 5.74) is -0.609. The molecular weight excluding hydrogens is 682 g/mol. The average molecular weight is 732 g/mol. The summed E-state index contributed by atoms with van der Waals surface area (Å²) < 4.78 is 16.2. The minimum absolute atomic E-state index is 0.0293. The average Bonchev–Trinajstić information content (AvgIpc) is 3.10. The number of nitrogens with zero attached hydrogens (tertiary/aromatic N) is 3. The monoisotopic (exact) mass is 731 g/mol. The normalized spacial score (nSPS) is 13.7. The van der Waals surface area contributed by atoms with Gasteiger partial charge in [0, 0.05) is 25.5 Å². The van der Waals surface area contributed by atoms with E-state index in [0.29, 0.717) is 50.1 Å². The van der Waals surface area contributed by atoms with Gasteiger partial charge in [-0.2, -0.15) is 0 Å². The van der Waals surface area contributed by atoms with Gasteiger partial charge in [0.05, 0.1) is 55.0 Å². The topological polar surface area (TPSA) is 226 Å². The molecule has 2 aromatic carbocycles. The number of ether oxygens (including phenoxy) is 3. The second-order valence-electron chi connectivity index (χ2n) is 12.5. The first-order valence-electron chi connectivity index (χ1n) is 17.3. The van der Waals surface area contributed by atoms with Crippen molar-refractivity contribution in [2.24, 2.45) is 0 Å². The smallest absolute Gasteiger partial charge is 0.342 e. The van der Waals surface area contributed by atoms with Gasteiger partial charge in [0.1, 0.15) is 28.4 Å². The van der Waals surface area contributed by atoms with Gasteiger partial charge in [0.25, 0.3) is 17.3 Å². The van der Waals surface area contributed by atoms with Crippen molar-refractivity contribution in [3.63, 3.8) is 0 Å². The van der Waals surface area contributed by atoms with Crippen LogP contribution in [-0.2, 0) is 9.59 Å². The molecule has 1 saturated heterocycles. The van der Waals surface area contributed by atoms with Crippen molar-refractivity contribution in [3.05, 3.63) is 61.2 Å². The number of likely N-dealkylation sites (tertiary alicyclic amines) is 1. The van der Waals surface area contributed by atoms with Crippen LogP contribution in [0.1, 0.15) is 111 Å². The van der Waals surface area contributed by atoms with Gasteiger partial charge >= 0.3 is 5.97 Å². The maximum absolute atomic E-state index is 13.0. The molecule has 1 aliphatic rings. The molecule has 1 amide bonds. The Balaban J connectivity index is 0.000000371. The number of benzene rings is 2. The number of ketones is 2. The predicted molar refractivity (Wildman–Crippen MR) is 189 cm³/mol. The SMILES string of the molecule is CC(=O)CCCCCOc1cc([N+](=O)[O-])c(C(=O)N2CCCC[C@H]2CO)cc1C.COc1cc(C(=O)O)c([N+](=O)[O-])cc1OCCCCCC(C)=O. The number of aryl methyl sites for hydroxylation is 1. The first-order chi connectivity index (χ1) is 24.7. The molecule has 1 fully saturated rings. The van der Waals surface area contributed by atoms with Crippen molar-refractivity contribution in [2.45, 2.75) is 97.4 Å². The van der Waals surface area contributed by atoms with Crippen molar-refractivity contribution in [1.82, 2.24) is 4.90 Å². The van der Waals surface area contributed by atoms with E-state index in [0.717, 1.165) is 57.1 Å². The fourth-order valence-electron chi connectivity index (χ4n) is 5.58. The van der Waals surface area contributed by atoms with Crippen molar-refractivity contribution >= 4 is 34.8 Å². The second kappa shape index (κ2) is 22.0. The van der Waals surface area contributed by atoms with Crippen LogP contribution in [0.3, 0.4) is 0 Å². The summed E-state index contributed by atoms with van der Waals surface area (Å²) in [7, 11) is 1.33. The molecule has 0 spiro atoms. The van der Waals surface area contributed by atoms with Crippen molar-refractivity contribution in [3.8, 4) is 17.2 Å². The highest BCUT2D eigenvalue weighted by Gasteiger charge is 2.32. The number of aliphatic hydroxyl groups excluding tert-OH is 1. The molecule has 0 unspecified atom stereocenters. The molecule has 2 N–H and O–H groups in total. The number of carboxylic acid groups (broad SMARTS) is 1. The number of rotatable bonds is 20. The standard InChI is InChI=1S/C21H30N2O6.C15H19NO7/c1-15-12-18(21(26)22-10-6-5-9-17(22)14-24)19(23(27)28)13-20(15)29-11-7-3-4-8-16(2)25;1-10(17)6-4-3-5-7-23-14-9-12(16(20)21)11(15(18)19)8-13(14)22-2/h12-13,17,24H,3-11,14H2,1-2H3;8-9H,3-7H2,1-2H3,(H,18,19)/t17-;/m0./s1. The Hall–Kier alpha value is -5.12. The number of piperidine rings is 1. The van der Waals surface area contributed by atoms with Crippen molar-refractivity contribution in [1.29, 1.82) is 0 Å². The van der Waals surface area contributed by atoms with Gasteiger partial charge < -0.3 is 38.9 Å². The third-order valence-electron chi connectivity index (χ3n) is 8.39. The van der Waals surface area contributed by atoms with E-state index in [9.17, 15) is 44.5 Å². The Morgan fingerprint density at radius 3 is 1.83 bits per heavy atom. The molecule has 0 aliphatic carbocycles. The van der Waals surface area contributed by atoms with Crippen LogP contribution in [0.25, 0.3) is 0 Å². The van der Waals surface area contributed by atoms with Gasteiger partial charge in [-0.1, -0.05) is 0 Å². The number of carbonyl (C=O) groups excluding carboxylic acids is 3. The number of unbranched alkanes of at least 4 members (excludes halogenated alkanes) is 4. The van der Waals surface area contributed by atoms with E-state index in [2.05, 4.69) is 0 Å². The number of aromatic carboxylic acids is 1. The quantitative estimate of drug-likeness (QED) is 0.0873. The van der Waals surface area contributed by atoms with Crippen LogP contribution in [0.15, 0.2) is 24.3 Å². The summed E-state index contributed by atoms with van der Waals surface area (Å²) >= 11 is 0. The van der Waals surface area contributed by atoms with Gasteiger partial charge in [-0.25, -0.2) is 4.79 Å². The molecule has 3 rings (SSSR count). The highest BCUT2D eigenvalue weighted by molar-refractivity contribution is 5.99. The van der Waals surface area contributed by atoms with Crippen LogP contribution in [0.5, 0.6) is 17.2 Å². The molecule has 16 heteroatoms. The molecule has 0 aromatic heterocycles. The van der Waals surface area contributed by atoms with Crippen LogP contribution in [0.2, 0.25) is 0 Å². The molecule has 1 aliphatic heterocycles. The van der Waals surface area contributed by atoms with Crippen LogP contribution in [0.4, 0.5) is 11.4 Å². The van der Waals surface area contributed by atoms with Gasteiger partial charge in [0.2, 0.25) is 0 Å². The number of nitro benzene ring substituents is 2. The Kier molecular flexibility index (Phi) is 18.2. The number of hydrogen-bond donors (Lipinski definition) is 2. The Labute approximate surface area is 302 Å². The summed E-state index contributed by atoms with van der Waals surface area (Å²) in [6.07, 6.45) is 8.11. The highest BCUT2D eigenvalue weighted by atomic mass is 16.6. The Morgan fingerprint density at radius 1 is 0.788 bits per heavy atom. The Bertz CT molecular complexity index is 1580. The second-order valence-corrected chi connectivity index (χ2v) is 12.5. The van der Waals surface area contributed by atoms with E-state index in [1.165, 1.54) is 26.2 Å². The molecular formula is C36H49N3O13. The van der Waals surface area contributed by atoms with Crippen molar-refractivity contribution < 1.29 is 53.4 Å². The summed E-state index contributed by atoms with van der Waals surface area (Å²) in [6, 6.07) is 4.65. The lowest BCUT2D eigenvalue weighted by Gasteiger charge is -2.34. The molecule has 16 nitrogen and oxygen atoms in total. The maximum atomic E-state index is 13.0. The first kappa shape index (κ1) is 43.0. The highest BCUT2D eigenvalue weighted by Crippen LogP contribution is 2.35. The zero-order valence-electron chi connectivity index (χ0n) is 30.2. The molecule has 286 valence electrons. The van der Waals surface area contributed by atoms with Crippen LogP contribution in [0, 0.1) is 27.2 Å². The molecule has 52 heavy (non-hydrogen) atoms. The zero-order chi connectivity index (χ0) is 38.8. The van der Waals surface area contributed by atoms with E-state index in [4.69, 9.17) is 19.3 Å². The number of Topliss-reactive ketones (excluding diaryl/α,β-unsaturated/α-hetero) is 2. The lowest BCUT2D eigenvalue weighted by molar-refractivity contribution is -0.385. The maximum Gasteiger partial charge on any atom is 0.342 e. The Morgan fingerprint density at radius 2 is 1.33 bits per heavy atom. The van der Waals surface area contributed by atoms with Gasteiger partial charge in [-0.15, -0.1) is 0 Å². The number of methoxy groups -OCH3 is 1. The summed E-state index contributed by atoms with van der Waals surface area (Å²) in [6.45, 7) is 5.87. The molecule has 1 atom stereocenters. The van der Waals surface area contributed by atoms with Crippen LogP contribution >= 0.6 is 0 Å². The van der Waals surface area contributed by atoms with Crippen molar-refractivity contribution in [2.75, 3.05) is 33.5 Å². The van der Waals surface area contributed by atoms with E-state index in [1.807, 2.05) is 0 Å². The van der Waals surface area contributed by atoms with E-state index in [-0.39, 0.29) is 53.6 Å². The zero-order valence-corrected chi connectivity index (χ0v) is 30.2. The number of carbonyl (C=O) groups is 4. The van der Waals surface area contributed by atoms with Gasteiger partial charge in [-0.3, -0.25) is 25.0 Å². The van der Waals surface area contributed by atoms with Gasteiger partial charge in [0.15, 0.2) is 11.5 Å². The molecule has 1 heterocycles. The number of amides is 1. The molecule has 0 bridgehead atoms. The minimum Gasteiger partial charge on any atom is -0.493 e. The molecule has 2 aromatic rings. The predicted octanol–water partition coefficient (Wildman–Crippen LogP) is 6.25. The lowest BCUT2D eigenvalue weighted by atomic mass is 10.00. The van der Waals surface area contributed by atoms with E-state index < -0.39 is 33.0 Å². The number of nitro groups is 2. The van der Waals surface area contributed by atoms with E-state index in [1.54, 1.807) is 18.7 Å². The summed E-state index contributed by atoms with van der Waals surface area (Å²) in [5.74, 6) is -0.910. The minimum atomic E-state index is -1.41. The number of carboxylic acids is 1. The largest absolute Gasteiger partial charge is 0.493 e. The summed E-state index contributed by atoms with van der Waals surface area (Å²) in [4.78, 5) is 68.6. The number of hydrogen-bond acceptors (Lipinski definition) is 12. The molecule has 0 radical (unpaired) electrons. The third-order valence-corrected chi connectivity index (χ3v) is 8.39. The molecule has 0 saturated carbocycles. The van der Waals surface area contributed by atoms with E-state index >= 15 is 0 Å². The third kappa shape index (κ3) is 13.5.